The van der Waals surface area contributed by atoms with E-state index < -0.39 is 0 Å². The van der Waals surface area contributed by atoms with E-state index >= 15 is 0 Å². The number of benzene rings is 1. The Labute approximate surface area is 77.4 Å². The summed E-state index contributed by atoms with van der Waals surface area (Å²) in [6.07, 6.45) is 0.989. The lowest BCUT2D eigenvalue weighted by Gasteiger charge is -2.02. The molecule has 0 saturated heterocycles. The summed E-state index contributed by atoms with van der Waals surface area (Å²) in [5, 5.41) is -0.388. The number of carbonyl (C=O) groups excluding carboxylic acids is 1. The smallest absolute Gasteiger partial charge is 0.252 e. The molecular formula is C10H11ClO. The molecule has 0 heterocycles. The molecule has 0 radical (unpaired) electrons. The first-order chi connectivity index (χ1) is 5.65. The summed E-state index contributed by atoms with van der Waals surface area (Å²) in [7, 11) is 0. The summed E-state index contributed by atoms with van der Waals surface area (Å²) in [5.74, 6) is 0. The molecule has 64 valence electrons. The average Bonchev–Trinajstić information content (AvgIpc) is 2.04. The molecule has 0 aromatic heterocycles. The van der Waals surface area contributed by atoms with E-state index in [4.69, 9.17) is 11.6 Å². The highest BCUT2D eigenvalue weighted by Gasteiger charge is 2.02. The lowest BCUT2D eigenvalue weighted by atomic mass is 10.0. The Morgan fingerprint density at radius 2 is 2.17 bits per heavy atom. The van der Waals surface area contributed by atoms with Gasteiger partial charge in [0.1, 0.15) is 0 Å². The van der Waals surface area contributed by atoms with Crippen LogP contribution in [0.1, 0.15) is 28.4 Å². The molecule has 1 aromatic carbocycles. The standard InChI is InChI=1S/C10H11ClO/c1-3-8-4-5-9(10(11)12)6-7(8)2/h4-6H,3H2,1-2H3. The van der Waals surface area contributed by atoms with Gasteiger partial charge < -0.3 is 0 Å². The fraction of sp³-hybridized carbons (Fsp3) is 0.300. The monoisotopic (exact) mass is 182 g/mol. The van der Waals surface area contributed by atoms with Crippen molar-refractivity contribution >= 4 is 16.8 Å². The molecule has 12 heavy (non-hydrogen) atoms. The van der Waals surface area contributed by atoms with Crippen LogP contribution in [0.25, 0.3) is 0 Å². The van der Waals surface area contributed by atoms with Crippen LogP contribution < -0.4 is 0 Å². The minimum atomic E-state index is -0.388. The molecule has 0 spiro atoms. The molecule has 0 aliphatic rings. The van der Waals surface area contributed by atoms with Crippen LogP contribution in [-0.2, 0) is 6.42 Å². The van der Waals surface area contributed by atoms with Crippen molar-refractivity contribution in [3.63, 3.8) is 0 Å². The quantitative estimate of drug-likeness (QED) is 0.643. The summed E-state index contributed by atoms with van der Waals surface area (Å²) < 4.78 is 0. The molecule has 1 rings (SSSR count). The minimum absolute atomic E-state index is 0.388. The fourth-order valence-electron chi connectivity index (χ4n) is 1.21. The Bertz CT molecular complexity index is 305. The third kappa shape index (κ3) is 1.86. The van der Waals surface area contributed by atoms with Gasteiger partial charge in [0.05, 0.1) is 0 Å². The van der Waals surface area contributed by atoms with Crippen LogP contribution >= 0.6 is 11.6 Å². The number of aryl methyl sites for hydroxylation is 2. The highest BCUT2D eigenvalue weighted by Crippen LogP contribution is 2.13. The first kappa shape index (κ1) is 9.27. The maximum absolute atomic E-state index is 10.8. The zero-order valence-electron chi connectivity index (χ0n) is 7.23. The highest BCUT2D eigenvalue weighted by atomic mass is 35.5. The molecule has 1 nitrogen and oxygen atoms in total. The lowest BCUT2D eigenvalue weighted by Crippen LogP contribution is -1.92. The number of halogens is 1. The van der Waals surface area contributed by atoms with Gasteiger partial charge in [0.25, 0.3) is 5.24 Å². The van der Waals surface area contributed by atoms with E-state index in [-0.39, 0.29) is 5.24 Å². The fourth-order valence-corrected chi connectivity index (χ4v) is 1.33. The van der Waals surface area contributed by atoms with Gasteiger partial charge in [0.15, 0.2) is 0 Å². The van der Waals surface area contributed by atoms with Crippen molar-refractivity contribution in [3.05, 3.63) is 34.9 Å². The molecule has 0 bridgehead atoms. The summed E-state index contributed by atoms with van der Waals surface area (Å²) in [6, 6.07) is 5.54. The van der Waals surface area contributed by atoms with E-state index in [1.807, 2.05) is 19.1 Å². The lowest BCUT2D eigenvalue weighted by molar-refractivity contribution is 0.108. The van der Waals surface area contributed by atoms with Crippen LogP contribution in [0.3, 0.4) is 0 Å². The van der Waals surface area contributed by atoms with E-state index in [9.17, 15) is 4.79 Å². The maximum Gasteiger partial charge on any atom is 0.252 e. The van der Waals surface area contributed by atoms with Crippen molar-refractivity contribution in [2.24, 2.45) is 0 Å². The first-order valence-corrected chi connectivity index (χ1v) is 4.32. The van der Waals surface area contributed by atoms with Crippen molar-refractivity contribution in [3.8, 4) is 0 Å². The summed E-state index contributed by atoms with van der Waals surface area (Å²) in [4.78, 5) is 10.8. The van der Waals surface area contributed by atoms with Crippen LogP contribution in [0.5, 0.6) is 0 Å². The number of hydrogen-bond acceptors (Lipinski definition) is 1. The minimum Gasteiger partial charge on any atom is -0.276 e. The van der Waals surface area contributed by atoms with Gasteiger partial charge in [-0.2, -0.15) is 0 Å². The van der Waals surface area contributed by atoms with Gasteiger partial charge >= 0.3 is 0 Å². The highest BCUT2D eigenvalue weighted by molar-refractivity contribution is 6.67. The molecule has 0 aliphatic carbocycles. The SMILES string of the molecule is CCc1ccc(C(=O)Cl)cc1C. The molecule has 0 saturated carbocycles. The second-order valence-corrected chi connectivity index (χ2v) is 3.11. The van der Waals surface area contributed by atoms with Crippen LogP contribution in [0.4, 0.5) is 0 Å². The Morgan fingerprint density at radius 1 is 1.50 bits per heavy atom. The zero-order chi connectivity index (χ0) is 9.14. The average molecular weight is 183 g/mol. The topological polar surface area (TPSA) is 17.1 Å². The van der Waals surface area contributed by atoms with Gasteiger partial charge in [-0.25, -0.2) is 0 Å². The van der Waals surface area contributed by atoms with Crippen molar-refractivity contribution < 1.29 is 4.79 Å². The molecule has 0 unspecified atom stereocenters. The van der Waals surface area contributed by atoms with Gasteiger partial charge in [-0.15, -0.1) is 0 Å². The molecule has 0 aliphatic heterocycles. The second kappa shape index (κ2) is 3.72. The van der Waals surface area contributed by atoms with Crippen LogP contribution in [0.2, 0.25) is 0 Å². The Hall–Kier alpha value is -0.820. The van der Waals surface area contributed by atoms with Gasteiger partial charge in [0.2, 0.25) is 0 Å². The number of rotatable bonds is 2. The second-order valence-electron chi connectivity index (χ2n) is 2.77. The van der Waals surface area contributed by atoms with Crippen LogP contribution in [0.15, 0.2) is 18.2 Å². The molecule has 0 atom stereocenters. The molecular weight excluding hydrogens is 172 g/mol. The largest absolute Gasteiger partial charge is 0.276 e. The molecule has 0 amide bonds. The third-order valence-electron chi connectivity index (χ3n) is 1.95. The van der Waals surface area contributed by atoms with Crippen molar-refractivity contribution in [2.45, 2.75) is 20.3 Å². The predicted molar refractivity (Wildman–Crippen MR) is 50.7 cm³/mol. The number of carbonyl (C=O) groups is 1. The van der Waals surface area contributed by atoms with Crippen LogP contribution in [-0.4, -0.2) is 5.24 Å². The van der Waals surface area contributed by atoms with E-state index in [1.54, 1.807) is 6.07 Å². The molecule has 1 aromatic rings. The van der Waals surface area contributed by atoms with E-state index in [2.05, 4.69) is 6.92 Å². The summed E-state index contributed by atoms with van der Waals surface area (Å²) >= 11 is 5.33. The van der Waals surface area contributed by atoms with Gasteiger partial charge in [-0.05, 0) is 48.2 Å². The summed E-state index contributed by atoms with van der Waals surface area (Å²) in [6.45, 7) is 4.08. The van der Waals surface area contributed by atoms with Crippen LogP contribution in [0, 0.1) is 6.92 Å². The van der Waals surface area contributed by atoms with Gasteiger partial charge in [-0.3, -0.25) is 4.79 Å². The van der Waals surface area contributed by atoms with Crippen molar-refractivity contribution in [2.75, 3.05) is 0 Å². The first-order valence-electron chi connectivity index (χ1n) is 3.94. The molecule has 0 fully saturated rings. The Balaban J connectivity index is 3.10. The molecule has 2 heteroatoms. The van der Waals surface area contributed by atoms with Crippen molar-refractivity contribution in [1.29, 1.82) is 0 Å². The predicted octanol–water partition coefficient (Wildman–Crippen LogP) is 2.94. The van der Waals surface area contributed by atoms with E-state index in [1.165, 1.54) is 5.56 Å². The zero-order valence-corrected chi connectivity index (χ0v) is 7.98. The van der Waals surface area contributed by atoms with Gasteiger partial charge in [-0.1, -0.05) is 13.0 Å². The Kier molecular flexibility index (Phi) is 2.88. The van der Waals surface area contributed by atoms with Gasteiger partial charge in [0, 0.05) is 5.56 Å². The van der Waals surface area contributed by atoms with E-state index in [0.29, 0.717) is 5.56 Å². The normalized spacial score (nSPS) is 9.92. The maximum atomic E-state index is 10.8. The van der Waals surface area contributed by atoms with E-state index in [0.717, 1.165) is 12.0 Å². The number of hydrogen-bond donors (Lipinski definition) is 0. The molecule has 0 N–H and O–H groups in total. The van der Waals surface area contributed by atoms with Crippen molar-refractivity contribution in [1.82, 2.24) is 0 Å². The third-order valence-corrected chi connectivity index (χ3v) is 2.17. The Morgan fingerprint density at radius 3 is 2.58 bits per heavy atom. The summed E-state index contributed by atoms with van der Waals surface area (Å²) in [5.41, 5.74) is 2.96.